The zero-order valence-corrected chi connectivity index (χ0v) is 13.4. The Kier molecular flexibility index (Phi) is 6.34. The van der Waals surface area contributed by atoms with Crippen LogP contribution in [0.25, 0.3) is 0 Å². The van der Waals surface area contributed by atoms with E-state index in [-0.39, 0.29) is 17.6 Å². The van der Waals surface area contributed by atoms with Gasteiger partial charge in [-0.15, -0.1) is 0 Å². The van der Waals surface area contributed by atoms with E-state index in [9.17, 15) is 9.18 Å². The molecule has 1 amide bonds. The third-order valence-corrected chi connectivity index (χ3v) is 3.86. The van der Waals surface area contributed by atoms with Crippen molar-refractivity contribution >= 4 is 5.91 Å². The summed E-state index contributed by atoms with van der Waals surface area (Å²) >= 11 is 0. The second-order valence-corrected chi connectivity index (χ2v) is 6.00. The van der Waals surface area contributed by atoms with Gasteiger partial charge in [0, 0.05) is 38.6 Å². The molecule has 22 heavy (non-hydrogen) atoms. The number of nitrogens with zero attached hydrogens (tertiary/aromatic N) is 2. The van der Waals surface area contributed by atoms with Crippen LogP contribution in [0.3, 0.4) is 0 Å². The van der Waals surface area contributed by atoms with E-state index in [4.69, 9.17) is 4.74 Å². The SMILES string of the molecule is CC(C)C(=O)N(CCN1CCOCC1)Cc1cccc(F)c1. The Morgan fingerprint density at radius 2 is 2.09 bits per heavy atom. The van der Waals surface area contributed by atoms with Gasteiger partial charge >= 0.3 is 0 Å². The average Bonchev–Trinajstić information content (AvgIpc) is 2.51. The Bertz CT molecular complexity index is 487. The van der Waals surface area contributed by atoms with Gasteiger partial charge in [0.1, 0.15) is 5.82 Å². The van der Waals surface area contributed by atoms with Crippen molar-refractivity contribution in [3.05, 3.63) is 35.6 Å². The topological polar surface area (TPSA) is 32.8 Å². The van der Waals surface area contributed by atoms with Crippen molar-refractivity contribution in [1.29, 1.82) is 0 Å². The highest BCUT2D eigenvalue weighted by molar-refractivity contribution is 5.78. The van der Waals surface area contributed by atoms with Crippen LogP contribution in [0.5, 0.6) is 0 Å². The lowest BCUT2D eigenvalue weighted by Gasteiger charge is -2.31. The van der Waals surface area contributed by atoms with Crippen molar-refractivity contribution in [3.63, 3.8) is 0 Å². The van der Waals surface area contributed by atoms with Gasteiger partial charge in [0.05, 0.1) is 13.2 Å². The average molecular weight is 308 g/mol. The lowest BCUT2D eigenvalue weighted by Crippen LogP contribution is -2.43. The molecule has 0 unspecified atom stereocenters. The molecule has 0 atom stereocenters. The minimum atomic E-state index is -0.261. The molecule has 1 aromatic carbocycles. The number of hydrogen-bond donors (Lipinski definition) is 0. The molecule has 5 heteroatoms. The summed E-state index contributed by atoms with van der Waals surface area (Å²) in [6.45, 7) is 9.06. The Labute approximate surface area is 131 Å². The van der Waals surface area contributed by atoms with Gasteiger partial charge in [-0.2, -0.15) is 0 Å². The first-order valence-corrected chi connectivity index (χ1v) is 7.89. The Morgan fingerprint density at radius 3 is 2.73 bits per heavy atom. The maximum atomic E-state index is 13.3. The van der Waals surface area contributed by atoms with Crippen LogP contribution in [0.1, 0.15) is 19.4 Å². The summed E-state index contributed by atoms with van der Waals surface area (Å²) < 4.78 is 18.7. The number of rotatable bonds is 6. The molecule has 0 spiro atoms. The van der Waals surface area contributed by atoms with E-state index in [1.165, 1.54) is 12.1 Å². The summed E-state index contributed by atoms with van der Waals surface area (Å²) in [5.74, 6) is -0.210. The quantitative estimate of drug-likeness (QED) is 0.807. The number of morpholine rings is 1. The van der Waals surface area contributed by atoms with Crippen LogP contribution < -0.4 is 0 Å². The van der Waals surface area contributed by atoms with Gasteiger partial charge in [-0.1, -0.05) is 26.0 Å². The first kappa shape index (κ1) is 16.9. The molecule has 1 aromatic rings. The van der Waals surface area contributed by atoms with E-state index in [0.717, 1.165) is 38.4 Å². The number of halogens is 1. The highest BCUT2D eigenvalue weighted by Gasteiger charge is 2.19. The first-order chi connectivity index (χ1) is 10.6. The molecule has 0 bridgehead atoms. The zero-order valence-electron chi connectivity index (χ0n) is 13.4. The lowest BCUT2D eigenvalue weighted by atomic mass is 10.1. The third-order valence-electron chi connectivity index (χ3n) is 3.86. The Balaban J connectivity index is 1.97. The molecule has 0 aromatic heterocycles. The molecule has 122 valence electrons. The molecule has 1 fully saturated rings. The van der Waals surface area contributed by atoms with E-state index >= 15 is 0 Å². The number of carbonyl (C=O) groups excluding carboxylic acids is 1. The van der Waals surface area contributed by atoms with Crippen molar-refractivity contribution in [1.82, 2.24) is 9.80 Å². The fourth-order valence-corrected chi connectivity index (χ4v) is 2.57. The number of amides is 1. The molecular weight excluding hydrogens is 283 g/mol. The molecule has 0 aliphatic carbocycles. The van der Waals surface area contributed by atoms with Gasteiger partial charge in [-0.3, -0.25) is 9.69 Å². The van der Waals surface area contributed by atoms with Crippen LogP contribution in [0.2, 0.25) is 0 Å². The molecule has 1 aliphatic rings. The summed E-state index contributed by atoms with van der Waals surface area (Å²) in [4.78, 5) is 16.5. The fraction of sp³-hybridized carbons (Fsp3) is 0.588. The number of ether oxygens (including phenoxy) is 1. The fourth-order valence-electron chi connectivity index (χ4n) is 2.57. The van der Waals surface area contributed by atoms with Crippen molar-refractivity contribution in [2.45, 2.75) is 20.4 Å². The van der Waals surface area contributed by atoms with E-state index in [2.05, 4.69) is 4.90 Å². The van der Waals surface area contributed by atoms with Crippen LogP contribution in [-0.4, -0.2) is 55.1 Å². The van der Waals surface area contributed by atoms with E-state index in [1.54, 1.807) is 6.07 Å². The number of carbonyl (C=O) groups is 1. The normalized spacial score (nSPS) is 16.0. The summed E-state index contributed by atoms with van der Waals surface area (Å²) in [7, 11) is 0. The van der Waals surface area contributed by atoms with Crippen LogP contribution in [-0.2, 0) is 16.1 Å². The monoisotopic (exact) mass is 308 g/mol. The molecule has 1 aliphatic heterocycles. The Hall–Kier alpha value is -1.46. The number of benzene rings is 1. The summed E-state index contributed by atoms with van der Waals surface area (Å²) in [6.07, 6.45) is 0. The number of hydrogen-bond acceptors (Lipinski definition) is 3. The molecule has 0 N–H and O–H groups in total. The van der Waals surface area contributed by atoms with Crippen molar-refractivity contribution in [2.75, 3.05) is 39.4 Å². The largest absolute Gasteiger partial charge is 0.379 e. The molecule has 4 nitrogen and oxygen atoms in total. The molecule has 1 saturated heterocycles. The predicted molar refractivity (Wildman–Crippen MR) is 83.9 cm³/mol. The van der Waals surface area contributed by atoms with Gasteiger partial charge < -0.3 is 9.64 Å². The van der Waals surface area contributed by atoms with Crippen LogP contribution >= 0.6 is 0 Å². The van der Waals surface area contributed by atoms with Gasteiger partial charge in [-0.25, -0.2) is 4.39 Å². The zero-order chi connectivity index (χ0) is 15.9. The van der Waals surface area contributed by atoms with Crippen molar-refractivity contribution in [2.24, 2.45) is 5.92 Å². The summed E-state index contributed by atoms with van der Waals surface area (Å²) in [5.41, 5.74) is 0.830. The molecular formula is C17H25FN2O2. The highest BCUT2D eigenvalue weighted by Crippen LogP contribution is 2.11. The minimum Gasteiger partial charge on any atom is -0.379 e. The molecule has 1 heterocycles. The second kappa shape index (κ2) is 8.25. The Morgan fingerprint density at radius 1 is 1.36 bits per heavy atom. The minimum absolute atomic E-state index is 0.0572. The molecule has 2 rings (SSSR count). The van der Waals surface area contributed by atoms with Gasteiger partial charge in [0.25, 0.3) is 0 Å². The maximum Gasteiger partial charge on any atom is 0.225 e. The lowest BCUT2D eigenvalue weighted by molar-refractivity contribution is -0.135. The van der Waals surface area contributed by atoms with Gasteiger partial charge in [-0.05, 0) is 17.7 Å². The van der Waals surface area contributed by atoms with Crippen LogP contribution in [0.15, 0.2) is 24.3 Å². The van der Waals surface area contributed by atoms with E-state index in [0.29, 0.717) is 13.1 Å². The maximum absolute atomic E-state index is 13.3. The first-order valence-electron chi connectivity index (χ1n) is 7.89. The van der Waals surface area contributed by atoms with Gasteiger partial charge in [0.2, 0.25) is 5.91 Å². The van der Waals surface area contributed by atoms with E-state index < -0.39 is 0 Å². The smallest absolute Gasteiger partial charge is 0.225 e. The van der Waals surface area contributed by atoms with Crippen LogP contribution in [0.4, 0.5) is 4.39 Å². The predicted octanol–water partition coefficient (Wildman–Crippen LogP) is 2.14. The van der Waals surface area contributed by atoms with Crippen molar-refractivity contribution < 1.29 is 13.9 Å². The van der Waals surface area contributed by atoms with Crippen molar-refractivity contribution in [3.8, 4) is 0 Å². The second-order valence-electron chi connectivity index (χ2n) is 6.00. The standard InChI is InChI=1S/C17H25FN2O2/c1-14(2)17(21)20(7-6-19-8-10-22-11-9-19)13-15-4-3-5-16(18)12-15/h3-5,12,14H,6-11,13H2,1-2H3. The third kappa shape index (κ3) is 5.07. The molecule has 0 radical (unpaired) electrons. The highest BCUT2D eigenvalue weighted by atomic mass is 19.1. The summed E-state index contributed by atoms with van der Waals surface area (Å²) in [5, 5.41) is 0. The van der Waals surface area contributed by atoms with Crippen LogP contribution in [0, 0.1) is 11.7 Å². The summed E-state index contributed by atoms with van der Waals surface area (Å²) in [6, 6.07) is 6.46. The molecule has 0 saturated carbocycles. The van der Waals surface area contributed by atoms with E-state index in [1.807, 2.05) is 24.8 Å². The van der Waals surface area contributed by atoms with Gasteiger partial charge in [0.15, 0.2) is 0 Å².